The molecule has 2 aromatic heterocycles. The number of nitrogens with zero attached hydrogens (tertiary/aromatic N) is 4. The highest BCUT2D eigenvalue weighted by Gasteiger charge is 2.38. The zero-order valence-electron chi connectivity index (χ0n) is 17.7. The van der Waals surface area contributed by atoms with Gasteiger partial charge in [-0.2, -0.15) is 13.2 Å². The van der Waals surface area contributed by atoms with Crippen molar-refractivity contribution < 1.29 is 23.1 Å². The summed E-state index contributed by atoms with van der Waals surface area (Å²) in [4.78, 5) is 24.5. The fourth-order valence-corrected chi connectivity index (χ4v) is 3.38. The standard InChI is InChI=1S/C20H23N5.C2HF3O2/c1-20(2,25-12-9-15-5-3-4-6-16(15)13-25)14-23-18-8-7-17-19(24-18)22-11-10-21-17;3-2(4,5)1(6)7/h3-8,10-11H,9,12-14H2,1-2H3,(H,22,23,24);(H,6,7). The number of hydrogen-bond donors (Lipinski definition) is 2. The minimum Gasteiger partial charge on any atom is -0.475 e. The summed E-state index contributed by atoms with van der Waals surface area (Å²) in [5.74, 6) is -1.91. The summed E-state index contributed by atoms with van der Waals surface area (Å²) in [6.07, 6.45) is -0.605. The zero-order chi connectivity index (χ0) is 23.4. The van der Waals surface area contributed by atoms with Crippen LogP contribution in [0.25, 0.3) is 11.2 Å². The number of aliphatic carboxylic acids is 1. The van der Waals surface area contributed by atoms with Gasteiger partial charge in [-0.15, -0.1) is 0 Å². The van der Waals surface area contributed by atoms with E-state index in [0.29, 0.717) is 5.65 Å². The molecule has 7 nitrogen and oxygen atoms in total. The molecule has 0 unspecified atom stereocenters. The Morgan fingerprint density at radius 1 is 1.09 bits per heavy atom. The number of hydrogen-bond acceptors (Lipinski definition) is 6. The molecule has 1 aliphatic rings. The van der Waals surface area contributed by atoms with Crippen LogP contribution in [0.1, 0.15) is 25.0 Å². The van der Waals surface area contributed by atoms with Gasteiger partial charge in [0.05, 0.1) is 0 Å². The summed E-state index contributed by atoms with van der Waals surface area (Å²) in [6, 6.07) is 12.7. The van der Waals surface area contributed by atoms with E-state index < -0.39 is 12.1 Å². The van der Waals surface area contributed by atoms with Gasteiger partial charge in [-0.1, -0.05) is 24.3 Å². The van der Waals surface area contributed by atoms with Crippen LogP contribution in [0.15, 0.2) is 48.8 Å². The normalized spacial score (nSPS) is 14.3. The predicted octanol–water partition coefficient (Wildman–Crippen LogP) is 3.91. The van der Waals surface area contributed by atoms with E-state index in [9.17, 15) is 13.2 Å². The van der Waals surface area contributed by atoms with Crippen molar-refractivity contribution in [2.45, 2.75) is 38.5 Å². The van der Waals surface area contributed by atoms with E-state index in [1.165, 1.54) is 11.1 Å². The lowest BCUT2D eigenvalue weighted by Gasteiger charge is -2.41. The molecular weight excluding hydrogens is 423 g/mol. The van der Waals surface area contributed by atoms with Gasteiger partial charge in [0.15, 0.2) is 5.65 Å². The minimum atomic E-state index is -5.08. The molecule has 0 atom stereocenters. The maximum absolute atomic E-state index is 10.6. The summed E-state index contributed by atoms with van der Waals surface area (Å²) in [6.45, 7) is 7.49. The maximum atomic E-state index is 10.6. The van der Waals surface area contributed by atoms with Gasteiger partial charge in [0.25, 0.3) is 0 Å². The second-order valence-electron chi connectivity index (χ2n) is 8.00. The van der Waals surface area contributed by atoms with Crippen molar-refractivity contribution in [2.75, 3.05) is 18.4 Å². The highest BCUT2D eigenvalue weighted by molar-refractivity contribution is 5.73. The zero-order valence-corrected chi connectivity index (χ0v) is 17.7. The van der Waals surface area contributed by atoms with Crippen molar-refractivity contribution in [3.63, 3.8) is 0 Å². The summed E-state index contributed by atoms with van der Waals surface area (Å²) in [5.41, 5.74) is 4.46. The van der Waals surface area contributed by atoms with Gasteiger partial charge in [-0.25, -0.2) is 14.8 Å². The van der Waals surface area contributed by atoms with Gasteiger partial charge in [-0.05, 0) is 43.5 Å². The Labute approximate surface area is 183 Å². The molecule has 3 heterocycles. The quantitative estimate of drug-likeness (QED) is 0.627. The topological polar surface area (TPSA) is 91.2 Å². The molecule has 1 aliphatic heterocycles. The highest BCUT2D eigenvalue weighted by Crippen LogP contribution is 2.25. The van der Waals surface area contributed by atoms with Gasteiger partial charge < -0.3 is 10.4 Å². The van der Waals surface area contributed by atoms with Gasteiger partial charge in [-0.3, -0.25) is 9.88 Å². The smallest absolute Gasteiger partial charge is 0.475 e. The van der Waals surface area contributed by atoms with Crippen LogP contribution in [-0.4, -0.2) is 55.7 Å². The molecule has 1 aromatic carbocycles. The van der Waals surface area contributed by atoms with Gasteiger partial charge in [0.2, 0.25) is 0 Å². The van der Waals surface area contributed by atoms with Gasteiger partial charge in [0, 0.05) is 37.6 Å². The second kappa shape index (κ2) is 9.47. The fraction of sp³-hybridized carbons (Fsp3) is 0.364. The van der Waals surface area contributed by atoms with E-state index in [0.717, 1.165) is 37.4 Å². The first-order chi connectivity index (χ1) is 15.1. The van der Waals surface area contributed by atoms with Crippen molar-refractivity contribution in [1.29, 1.82) is 0 Å². The van der Waals surface area contributed by atoms with E-state index >= 15 is 0 Å². The molecule has 10 heteroatoms. The number of rotatable bonds is 4. The summed E-state index contributed by atoms with van der Waals surface area (Å²) in [7, 11) is 0. The molecule has 0 saturated carbocycles. The van der Waals surface area contributed by atoms with E-state index in [2.05, 4.69) is 63.3 Å². The van der Waals surface area contributed by atoms with Crippen LogP contribution in [0.5, 0.6) is 0 Å². The summed E-state index contributed by atoms with van der Waals surface area (Å²) >= 11 is 0. The van der Waals surface area contributed by atoms with E-state index in [-0.39, 0.29) is 5.54 Å². The number of carboxylic acid groups (broad SMARTS) is 1. The fourth-order valence-electron chi connectivity index (χ4n) is 3.38. The van der Waals surface area contributed by atoms with Crippen molar-refractivity contribution in [1.82, 2.24) is 19.9 Å². The maximum Gasteiger partial charge on any atom is 0.490 e. The average molecular weight is 447 g/mol. The average Bonchev–Trinajstić information content (AvgIpc) is 2.77. The van der Waals surface area contributed by atoms with Crippen molar-refractivity contribution in [3.05, 3.63) is 59.9 Å². The lowest BCUT2D eigenvalue weighted by atomic mass is 9.94. The van der Waals surface area contributed by atoms with Gasteiger partial charge in [0.1, 0.15) is 11.3 Å². The van der Waals surface area contributed by atoms with Crippen LogP contribution in [0, 0.1) is 0 Å². The molecule has 2 N–H and O–H groups in total. The summed E-state index contributed by atoms with van der Waals surface area (Å²) in [5, 5.41) is 10.6. The molecule has 0 spiro atoms. The third-order valence-corrected chi connectivity index (χ3v) is 5.26. The molecule has 4 rings (SSSR count). The highest BCUT2D eigenvalue weighted by atomic mass is 19.4. The Bertz CT molecular complexity index is 1090. The molecule has 0 radical (unpaired) electrons. The van der Waals surface area contributed by atoms with Crippen LogP contribution in [-0.2, 0) is 17.8 Å². The third kappa shape index (κ3) is 5.91. The molecule has 0 fully saturated rings. The Kier molecular flexibility index (Phi) is 6.93. The third-order valence-electron chi connectivity index (χ3n) is 5.26. The number of pyridine rings is 1. The number of aromatic nitrogens is 3. The molecule has 3 aromatic rings. The number of halogens is 3. The lowest BCUT2D eigenvalue weighted by molar-refractivity contribution is -0.192. The number of carbonyl (C=O) groups is 1. The van der Waals surface area contributed by atoms with Crippen LogP contribution in [0.3, 0.4) is 0 Å². The molecule has 0 amide bonds. The SMILES string of the molecule is CC(C)(CNc1ccc2nccnc2n1)N1CCc2ccccc2C1.O=C(O)C(F)(F)F. The number of fused-ring (bicyclic) bond motifs is 2. The summed E-state index contributed by atoms with van der Waals surface area (Å²) < 4.78 is 31.7. The van der Waals surface area contributed by atoms with Crippen molar-refractivity contribution in [2.24, 2.45) is 0 Å². The van der Waals surface area contributed by atoms with E-state index in [1.807, 2.05) is 12.1 Å². The Balaban J connectivity index is 0.000000360. The lowest BCUT2D eigenvalue weighted by Crippen LogP contribution is -2.50. The van der Waals surface area contributed by atoms with Gasteiger partial charge >= 0.3 is 12.1 Å². The van der Waals surface area contributed by atoms with Crippen molar-refractivity contribution in [3.8, 4) is 0 Å². The van der Waals surface area contributed by atoms with Crippen molar-refractivity contribution >= 4 is 23.0 Å². The molecule has 170 valence electrons. The first-order valence-electron chi connectivity index (χ1n) is 10.00. The number of anilines is 1. The monoisotopic (exact) mass is 447 g/mol. The molecule has 0 saturated heterocycles. The number of nitrogens with one attached hydrogen (secondary N) is 1. The Hall–Kier alpha value is -3.27. The largest absolute Gasteiger partial charge is 0.490 e. The minimum absolute atomic E-state index is 0.0343. The van der Waals surface area contributed by atoms with E-state index in [1.54, 1.807) is 12.4 Å². The second-order valence-corrected chi connectivity index (χ2v) is 8.00. The number of carboxylic acids is 1. The first-order valence-corrected chi connectivity index (χ1v) is 10.00. The predicted molar refractivity (Wildman–Crippen MR) is 114 cm³/mol. The number of alkyl halides is 3. The molecule has 0 aliphatic carbocycles. The number of benzene rings is 1. The first kappa shape index (κ1) is 23.4. The van der Waals surface area contributed by atoms with E-state index in [4.69, 9.17) is 9.90 Å². The van der Waals surface area contributed by atoms with Crippen LogP contribution >= 0.6 is 0 Å². The van der Waals surface area contributed by atoms with Crippen LogP contribution < -0.4 is 5.32 Å². The van der Waals surface area contributed by atoms with Crippen LogP contribution in [0.2, 0.25) is 0 Å². The molecular formula is C22H24F3N5O2. The van der Waals surface area contributed by atoms with Crippen LogP contribution in [0.4, 0.5) is 19.0 Å². The Morgan fingerprint density at radius 3 is 2.44 bits per heavy atom. The molecule has 0 bridgehead atoms. The molecule has 32 heavy (non-hydrogen) atoms. The Morgan fingerprint density at radius 2 is 1.75 bits per heavy atom.